The SMILES string of the molecule is Cc1cccc2c1oc1ccc(-c3cccc4c5c(oc34)I=CC=C5)cc12. The third-order valence-electron chi connectivity index (χ3n) is 5.21. The molecule has 0 fully saturated rings. The van der Waals surface area contributed by atoms with Crippen molar-refractivity contribution in [2.45, 2.75) is 6.92 Å². The Labute approximate surface area is 165 Å². The molecule has 0 saturated carbocycles. The van der Waals surface area contributed by atoms with E-state index >= 15 is 0 Å². The van der Waals surface area contributed by atoms with Crippen molar-refractivity contribution in [3.8, 4) is 11.1 Å². The number of aryl methyl sites for hydroxylation is 1. The highest BCUT2D eigenvalue weighted by Crippen LogP contribution is 2.39. The van der Waals surface area contributed by atoms with Crippen molar-refractivity contribution < 1.29 is 8.83 Å². The number of halogens is 1. The highest BCUT2D eigenvalue weighted by atomic mass is 127. The minimum atomic E-state index is -0.178. The molecule has 0 saturated heterocycles. The van der Waals surface area contributed by atoms with Crippen LogP contribution in [0.4, 0.5) is 0 Å². The lowest BCUT2D eigenvalue weighted by Gasteiger charge is -2.03. The second-order valence-corrected chi connectivity index (χ2v) is 9.15. The Bertz CT molecular complexity index is 1430. The first-order valence-electron chi connectivity index (χ1n) is 8.91. The Morgan fingerprint density at radius 1 is 0.815 bits per heavy atom. The topological polar surface area (TPSA) is 26.3 Å². The summed E-state index contributed by atoms with van der Waals surface area (Å²) in [6.45, 7) is 2.09. The van der Waals surface area contributed by atoms with Crippen LogP contribution in [-0.2, 0) is 0 Å². The molecule has 3 heteroatoms. The van der Waals surface area contributed by atoms with Gasteiger partial charge in [0.1, 0.15) is 16.7 Å². The van der Waals surface area contributed by atoms with E-state index in [2.05, 4.69) is 77.7 Å². The van der Waals surface area contributed by atoms with Gasteiger partial charge < -0.3 is 8.83 Å². The molecule has 2 nitrogen and oxygen atoms in total. The van der Waals surface area contributed by atoms with Crippen LogP contribution in [0.3, 0.4) is 0 Å². The summed E-state index contributed by atoms with van der Waals surface area (Å²) >= 11 is -0.178. The van der Waals surface area contributed by atoms with E-state index in [9.17, 15) is 0 Å². The average Bonchev–Trinajstić information content (AvgIpc) is 3.27. The molecular formula is C24H15IO2. The van der Waals surface area contributed by atoms with Crippen LogP contribution in [0.1, 0.15) is 11.1 Å². The molecule has 0 atom stereocenters. The molecule has 5 aromatic rings. The van der Waals surface area contributed by atoms with Crippen LogP contribution in [0.25, 0.3) is 50.1 Å². The molecule has 0 amide bonds. The predicted octanol–water partition coefficient (Wildman–Crippen LogP) is 7.28. The maximum absolute atomic E-state index is 6.32. The molecule has 27 heavy (non-hydrogen) atoms. The molecule has 0 aliphatic carbocycles. The molecule has 2 aromatic heterocycles. The van der Waals surface area contributed by atoms with E-state index < -0.39 is 0 Å². The summed E-state index contributed by atoms with van der Waals surface area (Å²) in [6, 6.07) is 19.2. The Hall–Kier alpha value is -2.66. The fourth-order valence-corrected chi connectivity index (χ4v) is 5.80. The molecule has 3 aromatic carbocycles. The van der Waals surface area contributed by atoms with Gasteiger partial charge in [0.05, 0.1) is 0 Å². The lowest BCUT2D eigenvalue weighted by molar-refractivity contribution is 0.584. The van der Waals surface area contributed by atoms with Crippen molar-refractivity contribution in [2.24, 2.45) is 0 Å². The van der Waals surface area contributed by atoms with Crippen LogP contribution < -0.4 is 0 Å². The lowest BCUT2D eigenvalue weighted by Crippen LogP contribution is -1.80. The van der Waals surface area contributed by atoms with Crippen molar-refractivity contribution in [1.29, 1.82) is 0 Å². The van der Waals surface area contributed by atoms with Crippen LogP contribution in [0.15, 0.2) is 69.5 Å². The van der Waals surface area contributed by atoms with E-state index in [1.807, 2.05) is 0 Å². The van der Waals surface area contributed by atoms with Gasteiger partial charge in [0.25, 0.3) is 0 Å². The Morgan fingerprint density at radius 3 is 2.67 bits per heavy atom. The van der Waals surface area contributed by atoms with Gasteiger partial charge in [0.15, 0.2) is 3.77 Å². The molecule has 1 aliphatic rings. The van der Waals surface area contributed by atoms with Gasteiger partial charge in [-0.3, -0.25) is 0 Å². The second-order valence-electron chi connectivity index (χ2n) is 6.83. The van der Waals surface area contributed by atoms with E-state index in [4.69, 9.17) is 8.83 Å². The first kappa shape index (κ1) is 15.4. The van der Waals surface area contributed by atoms with Crippen LogP contribution in [0.5, 0.6) is 0 Å². The summed E-state index contributed by atoms with van der Waals surface area (Å²) in [5, 5.41) is 3.53. The summed E-state index contributed by atoms with van der Waals surface area (Å²) in [4.78, 5) is 0. The zero-order valence-corrected chi connectivity index (χ0v) is 16.8. The molecule has 0 bridgehead atoms. The minimum absolute atomic E-state index is 0.178. The molecule has 0 radical (unpaired) electrons. The molecule has 3 heterocycles. The monoisotopic (exact) mass is 462 g/mol. The van der Waals surface area contributed by atoms with E-state index in [0.717, 1.165) is 42.6 Å². The van der Waals surface area contributed by atoms with Gasteiger partial charge in [-0.05, 0) is 61.0 Å². The highest BCUT2D eigenvalue weighted by molar-refractivity contribution is 14.2. The van der Waals surface area contributed by atoms with Gasteiger partial charge in [-0.15, -0.1) is 0 Å². The lowest BCUT2D eigenvalue weighted by atomic mass is 10.00. The van der Waals surface area contributed by atoms with Crippen molar-refractivity contribution >= 4 is 63.7 Å². The quantitative estimate of drug-likeness (QED) is 0.245. The third kappa shape index (κ3) is 2.21. The molecule has 1 aliphatic heterocycles. The average molecular weight is 462 g/mol. The number of rotatable bonds is 1. The number of furan rings is 2. The van der Waals surface area contributed by atoms with Crippen molar-refractivity contribution in [3.63, 3.8) is 0 Å². The standard InChI is InChI=1S/C24H15IO2/c1-14-5-2-7-18-20-13-15(10-11-21(20)26-22(14)18)16-6-3-8-17-19-9-4-12-25-24(19)27-23(16)17/h2-13H,1H3. The van der Waals surface area contributed by atoms with Crippen molar-refractivity contribution in [1.82, 2.24) is 0 Å². The van der Waals surface area contributed by atoms with E-state index in [-0.39, 0.29) is 20.7 Å². The predicted molar refractivity (Wildman–Crippen MR) is 121 cm³/mol. The molecule has 6 rings (SSSR count). The number of hydrogen-bond acceptors (Lipinski definition) is 2. The van der Waals surface area contributed by atoms with Crippen LogP contribution >= 0.6 is 20.7 Å². The van der Waals surface area contributed by atoms with Crippen molar-refractivity contribution in [2.75, 3.05) is 0 Å². The first-order valence-corrected chi connectivity index (χ1v) is 11.2. The Morgan fingerprint density at radius 2 is 1.70 bits per heavy atom. The zero-order chi connectivity index (χ0) is 18.0. The van der Waals surface area contributed by atoms with E-state index in [1.165, 1.54) is 16.3 Å². The number of fused-ring (bicyclic) bond motifs is 6. The number of hydrogen-bond donors (Lipinski definition) is 0. The van der Waals surface area contributed by atoms with Crippen LogP contribution in [-0.4, -0.2) is 4.01 Å². The van der Waals surface area contributed by atoms with Crippen LogP contribution in [0.2, 0.25) is 0 Å². The number of benzene rings is 3. The molecular weight excluding hydrogens is 447 g/mol. The second kappa shape index (κ2) is 5.67. The maximum atomic E-state index is 6.32. The molecule has 0 unspecified atom stereocenters. The Kier molecular flexibility index (Phi) is 3.23. The Balaban J connectivity index is 1.65. The minimum Gasteiger partial charge on any atom is -0.456 e. The third-order valence-corrected chi connectivity index (χ3v) is 7.35. The first-order chi connectivity index (χ1) is 13.3. The fourth-order valence-electron chi connectivity index (χ4n) is 3.91. The number of allylic oxidation sites excluding steroid dienone is 1. The van der Waals surface area contributed by atoms with E-state index in [0.29, 0.717) is 0 Å². The van der Waals surface area contributed by atoms with E-state index in [1.54, 1.807) is 0 Å². The molecule has 0 N–H and O–H groups in total. The maximum Gasteiger partial charge on any atom is 0.166 e. The summed E-state index contributed by atoms with van der Waals surface area (Å²) in [5.74, 6) is 0. The summed E-state index contributed by atoms with van der Waals surface area (Å²) in [6.07, 6.45) is 4.33. The van der Waals surface area contributed by atoms with Gasteiger partial charge in [-0.25, -0.2) is 0 Å². The summed E-state index contributed by atoms with van der Waals surface area (Å²) in [5.41, 5.74) is 7.62. The van der Waals surface area contributed by atoms with Crippen molar-refractivity contribution in [3.05, 3.63) is 75.6 Å². The summed E-state index contributed by atoms with van der Waals surface area (Å²) < 4.78 is 15.8. The van der Waals surface area contributed by atoms with Gasteiger partial charge in [0.2, 0.25) is 0 Å². The fraction of sp³-hybridized carbons (Fsp3) is 0.0417. The van der Waals surface area contributed by atoms with Gasteiger partial charge in [-0.1, -0.05) is 48.5 Å². The van der Waals surface area contributed by atoms with Gasteiger partial charge in [0, 0.05) is 27.3 Å². The van der Waals surface area contributed by atoms with Crippen LogP contribution in [0, 0.1) is 10.7 Å². The highest BCUT2D eigenvalue weighted by Gasteiger charge is 2.17. The van der Waals surface area contributed by atoms with Gasteiger partial charge in [-0.2, -0.15) is 0 Å². The largest absolute Gasteiger partial charge is 0.456 e. The molecule has 0 spiro atoms. The molecule has 130 valence electrons. The summed E-state index contributed by atoms with van der Waals surface area (Å²) in [7, 11) is 0. The normalized spacial score (nSPS) is 13.4. The smallest absolute Gasteiger partial charge is 0.166 e. The number of para-hydroxylation sites is 2. The van der Waals surface area contributed by atoms with Gasteiger partial charge >= 0.3 is 0 Å². The zero-order valence-electron chi connectivity index (χ0n) is 14.6.